The van der Waals surface area contributed by atoms with Crippen LogP contribution < -0.4 is 44.1 Å². The number of halogens is 1. The Bertz CT molecular complexity index is 1190. The molecule has 2 heterocycles. The molecule has 0 unspecified atom stereocenters. The van der Waals surface area contributed by atoms with Gasteiger partial charge in [-0.2, -0.15) is 0 Å². The zero-order valence-corrected chi connectivity index (χ0v) is 24.8. The van der Waals surface area contributed by atoms with Gasteiger partial charge in [-0.15, -0.1) is 0 Å². The molecular weight excluding hydrogens is 531 g/mol. The van der Waals surface area contributed by atoms with E-state index in [1.54, 1.807) is 18.2 Å². The molecule has 0 bridgehead atoms. The van der Waals surface area contributed by atoms with Gasteiger partial charge in [-0.1, -0.05) is 54.1 Å². The average Bonchev–Trinajstić information content (AvgIpc) is 3.10. The first-order valence-electron chi connectivity index (χ1n) is 12.4. The monoisotopic (exact) mass is 560 g/mol. The van der Waals surface area contributed by atoms with E-state index in [2.05, 4.69) is 9.98 Å². The second-order valence-corrected chi connectivity index (χ2v) is 8.62. The van der Waals surface area contributed by atoms with Crippen LogP contribution in [-0.2, 0) is 14.2 Å². The molecule has 3 aromatic rings. The Labute approximate surface area is 255 Å². The van der Waals surface area contributed by atoms with Crippen LogP contribution in [0.4, 0.5) is 5.69 Å². The minimum absolute atomic E-state index is 0. The third kappa shape index (κ3) is 10.2. The number of rotatable bonds is 1. The van der Waals surface area contributed by atoms with Crippen LogP contribution in [0.15, 0.2) is 82.8 Å². The molecular formula is C29H30ClN2NaO6. The molecule has 200 valence electrons. The topological polar surface area (TPSA) is 93.9 Å². The summed E-state index contributed by atoms with van der Waals surface area (Å²) in [6.07, 6.45) is 0. The zero-order chi connectivity index (χ0) is 26.4. The van der Waals surface area contributed by atoms with E-state index in [1.807, 2.05) is 54.6 Å². The summed E-state index contributed by atoms with van der Waals surface area (Å²) < 4.78 is 27.4. The van der Waals surface area contributed by atoms with Gasteiger partial charge in [0.2, 0.25) is 0 Å². The van der Waals surface area contributed by atoms with Crippen molar-refractivity contribution in [1.29, 1.82) is 0 Å². The molecule has 2 aliphatic rings. The summed E-state index contributed by atoms with van der Waals surface area (Å²) in [5, 5.41) is 12.2. The van der Waals surface area contributed by atoms with Gasteiger partial charge in [0.05, 0.1) is 57.6 Å². The van der Waals surface area contributed by atoms with Gasteiger partial charge in [0.1, 0.15) is 13.2 Å². The van der Waals surface area contributed by atoms with Crippen molar-refractivity contribution in [2.24, 2.45) is 9.98 Å². The van der Waals surface area contributed by atoms with Gasteiger partial charge < -0.3 is 28.8 Å². The molecule has 39 heavy (non-hydrogen) atoms. The summed E-state index contributed by atoms with van der Waals surface area (Å²) in [5.41, 5.74) is 3.13. The standard InChI is InChI=1S/C15H11ClN2O.C14H20O5.Na/c16-11-6-7-13-12(8-11)15(17-9-14(19)18-13)10-4-2-1-3-5-10;1-2-4-14-13(3-1)18-11-9-16-7-5-15-6-8-17-10-12-19-14;/h1-8H,9H2,(H,18,19);1-4H,5-12H2;/q;;+1/p-1. The van der Waals surface area contributed by atoms with Gasteiger partial charge in [-0.25, -0.2) is 0 Å². The van der Waals surface area contributed by atoms with Crippen LogP contribution in [-0.4, -0.2) is 71.0 Å². The Balaban J connectivity index is 0.000000210. The number of nitrogens with zero attached hydrogens (tertiary/aromatic N) is 2. The summed E-state index contributed by atoms with van der Waals surface area (Å²) in [7, 11) is 0. The number of para-hydroxylation sites is 2. The van der Waals surface area contributed by atoms with E-state index in [-0.39, 0.29) is 42.0 Å². The molecule has 3 aromatic carbocycles. The molecule has 0 aromatic heterocycles. The number of benzene rings is 3. The van der Waals surface area contributed by atoms with Crippen LogP contribution in [0.2, 0.25) is 5.02 Å². The van der Waals surface area contributed by atoms with E-state index in [9.17, 15) is 5.11 Å². The SMILES string of the molecule is [Na+].[O-]C1=Nc2ccc(Cl)cc2C(c2ccccc2)=NC1.c1ccc2c(c1)OCCOCCOCCOCCO2. The van der Waals surface area contributed by atoms with Crippen LogP contribution >= 0.6 is 11.6 Å². The van der Waals surface area contributed by atoms with E-state index < -0.39 is 0 Å². The summed E-state index contributed by atoms with van der Waals surface area (Å²) in [4.78, 5) is 8.42. The predicted molar refractivity (Wildman–Crippen MR) is 145 cm³/mol. The molecule has 0 fully saturated rings. The molecule has 0 saturated carbocycles. The van der Waals surface area contributed by atoms with E-state index >= 15 is 0 Å². The molecule has 0 atom stereocenters. The average molecular weight is 561 g/mol. The van der Waals surface area contributed by atoms with Crippen molar-refractivity contribution in [2.75, 3.05) is 59.4 Å². The van der Waals surface area contributed by atoms with Gasteiger partial charge in [0.25, 0.3) is 0 Å². The van der Waals surface area contributed by atoms with Gasteiger partial charge in [-0.05, 0) is 36.2 Å². The second-order valence-electron chi connectivity index (χ2n) is 8.18. The normalized spacial score (nSPS) is 16.2. The van der Waals surface area contributed by atoms with Crippen LogP contribution in [0.25, 0.3) is 0 Å². The van der Waals surface area contributed by atoms with Crippen LogP contribution in [0.5, 0.6) is 11.5 Å². The van der Waals surface area contributed by atoms with Gasteiger partial charge in [-0.3, -0.25) is 9.98 Å². The fourth-order valence-electron chi connectivity index (χ4n) is 3.69. The maximum atomic E-state index is 11.6. The van der Waals surface area contributed by atoms with Crippen LogP contribution in [0.1, 0.15) is 11.1 Å². The summed E-state index contributed by atoms with van der Waals surface area (Å²) >= 11 is 6.04. The smallest absolute Gasteiger partial charge is 0.860 e. The van der Waals surface area contributed by atoms with E-state index in [1.165, 1.54) is 0 Å². The van der Waals surface area contributed by atoms with Crippen molar-refractivity contribution >= 4 is 28.9 Å². The molecule has 2 aliphatic heterocycles. The Morgan fingerprint density at radius 2 is 1.21 bits per heavy atom. The first-order chi connectivity index (χ1) is 18.7. The Morgan fingerprint density at radius 3 is 1.79 bits per heavy atom. The maximum absolute atomic E-state index is 11.6. The van der Waals surface area contributed by atoms with E-state index in [0.717, 1.165) is 28.3 Å². The molecule has 0 spiro atoms. The summed E-state index contributed by atoms with van der Waals surface area (Å²) in [6.45, 7) is 4.43. The van der Waals surface area contributed by atoms with Crippen molar-refractivity contribution < 1.29 is 58.3 Å². The molecule has 0 saturated heterocycles. The van der Waals surface area contributed by atoms with Crippen molar-refractivity contribution in [1.82, 2.24) is 0 Å². The fraction of sp³-hybridized carbons (Fsp3) is 0.310. The third-order valence-corrected chi connectivity index (χ3v) is 5.68. The van der Waals surface area contributed by atoms with Gasteiger partial charge in [0, 0.05) is 16.1 Å². The first kappa shape index (κ1) is 31.1. The Hall–Kier alpha value is -2.43. The van der Waals surface area contributed by atoms with E-state index in [0.29, 0.717) is 63.6 Å². The third-order valence-electron chi connectivity index (χ3n) is 5.44. The van der Waals surface area contributed by atoms with Crippen LogP contribution in [0.3, 0.4) is 0 Å². The zero-order valence-electron chi connectivity index (χ0n) is 22.0. The molecule has 10 heteroatoms. The number of hydrogen-bond acceptors (Lipinski definition) is 8. The summed E-state index contributed by atoms with van der Waals surface area (Å²) in [5.74, 6) is 1.23. The van der Waals surface area contributed by atoms with Crippen molar-refractivity contribution in [3.05, 3.63) is 88.9 Å². The predicted octanol–water partition coefficient (Wildman–Crippen LogP) is 1.09. The molecule has 0 aliphatic carbocycles. The number of aliphatic imine (C=N–C) groups is 2. The van der Waals surface area contributed by atoms with Gasteiger partial charge >= 0.3 is 29.6 Å². The molecule has 0 radical (unpaired) electrons. The molecule has 5 rings (SSSR count). The maximum Gasteiger partial charge on any atom is 1.00 e. The fourth-order valence-corrected chi connectivity index (χ4v) is 3.86. The minimum atomic E-state index is -0.241. The molecule has 0 N–H and O–H groups in total. The van der Waals surface area contributed by atoms with Crippen LogP contribution in [0, 0.1) is 0 Å². The first-order valence-corrected chi connectivity index (χ1v) is 12.8. The Kier molecular flexibility index (Phi) is 13.8. The number of hydrogen-bond donors (Lipinski definition) is 0. The Morgan fingerprint density at radius 1 is 0.667 bits per heavy atom. The quantitative estimate of drug-likeness (QED) is 0.414. The number of ether oxygens (including phenoxy) is 5. The van der Waals surface area contributed by atoms with Crippen molar-refractivity contribution in [3.63, 3.8) is 0 Å². The largest absolute Gasteiger partial charge is 1.00 e. The van der Waals surface area contributed by atoms with Crippen molar-refractivity contribution in [3.8, 4) is 11.5 Å². The van der Waals surface area contributed by atoms with E-state index in [4.69, 9.17) is 35.3 Å². The minimum Gasteiger partial charge on any atom is -0.860 e. The molecule has 0 amide bonds. The van der Waals surface area contributed by atoms with Gasteiger partial charge in [0.15, 0.2) is 11.5 Å². The molecule has 8 nitrogen and oxygen atoms in total. The van der Waals surface area contributed by atoms with Crippen molar-refractivity contribution in [2.45, 2.75) is 0 Å². The second kappa shape index (κ2) is 17.3. The summed E-state index contributed by atoms with van der Waals surface area (Å²) in [6, 6.07) is 22.6. The number of fused-ring (bicyclic) bond motifs is 2.